The first-order valence-corrected chi connectivity index (χ1v) is 9.21. The number of thiocarbonyl (C=S) groups is 1. The number of amides is 1. The third-order valence-electron chi connectivity index (χ3n) is 5.08. The van der Waals surface area contributed by atoms with E-state index in [0.29, 0.717) is 0 Å². The number of carbonyl (C=O) groups excluding carboxylic acids is 1. The van der Waals surface area contributed by atoms with Gasteiger partial charge in [-0.3, -0.25) is 14.8 Å². The predicted molar refractivity (Wildman–Crippen MR) is 92.1 cm³/mol. The molecule has 3 rings (SSSR count). The highest BCUT2D eigenvalue weighted by Gasteiger charge is 2.35. The van der Waals surface area contributed by atoms with E-state index in [1.807, 2.05) is 10.0 Å². The number of hydrogen-bond acceptors (Lipinski definition) is 2. The fraction of sp³-hybridized carbons (Fsp3) is 0.765. The second kappa shape index (κ2) is 7.44. The summed E-state index contributed by atoms with van der Waals surface area (Å²) >= 11 is 5.52. The third kappa shape index (κ3) is 3.62. The van der Waals surface area contributed by atoms with Gasteiger partial charge in [0.05, 0.1) is 0 Å². The zero-order chi connectivity index (χ0) is 15.4. The number of nitrogens with zero attached hydrogens (tertiary/aromatic N) is 2. The molecule has 1 aliphatic heterocycles. The van der Waals surface area contributed by atoms with Crippen molar-refractivity contribution in [1.82, 2.24) is 15.3 Å². The second-order valence-corrected chi connectivity index (χ2v) is 7.04. The van der Waals surface area contributed by atoms with E-state index in [-0.39, 0.29) is 11.8 Å². The fourth-order valence-corrected chi connectivity index (χ4v) is 3.76. The summed E-state index contributed by atoms with van der Waals surface area (Å²) in [5.74, 6) is 0.527. The zero-order valence-corrected chi connectivity index (χ0v) is 14.2. The fourth-order valence-electron chi connectivity index (χ4n) is 3.47. The molecule has 1 N–H and O–H groups in total. The lowest BCUT2D eigenvalue weighted by Gasteiger charge is -2.35. The maximum atomic E-state index is 12.5. The zero-order valence-electron chi connectivity index (χ0n) is 13.4. The van der Waals surface area contributed by atoms with Crippen LogP contribution in [0.2, 0.25) is 0 Å². The molecule has 1 heterocycles. The molecule has 22 heavy (non-hydrogen) atoms. The Hall–Kier alpha value is -1.10. The van der Waals surface area contributed by atoms with Crippen molar-refractivity contribution in [3.63, 3.8) is 0 Å². The Morgan fingerprint density at radius 2 is 2.00 bits per heavy atom. The molecule has 1 saturated heterocycles. The first-order valence-electron chi connectivity index (χ1n) is 8.80. The van der Waals surface area contributed by atoms with E-state index in [0.717, 1.165) is 50.4 Å². The van der Waals surface area contributed by atoms with Crippen molar-refractivity contribution in [1.29, 1.82) is 0 Å². The van der Waals surface area contributed by atoms with Gasteiger partial charge < -0.3 is 5.32 Å². The van der Waals surface area contributed by atoms with Crippen LogP contribution in [0.25, 0.3) is 0 Å². The molecule has 2 fully saturated rings. The summed E-state index contributed by atoms with van der Waals surface area (Å²) in [4.78, 5) is 12.5. The summed E-state index contributed by atoms with van der Waals surface area (Å²) in [5.41, 5.74) is 1.56. The largest absolute Gasteiger partial charge is 0.361 e. The summed E-state index contributed by atoms with van der Waals surface area (Å²) in [5, 5.41) is 7.96. The number of carbonyl (C=O) groups is 1. The van der Waals surface area contributed by atoms with Gasteiger partial charge in [-0.05, 0) is 63.6 Å². The highest BCUT2D eigenvalue weighted by molar-refractivity contribution is 7.80. The number of allylic oxidation sites excluding steroid dienone is 1. The monoisotopic (exact) mass is 321 g/mol. The van der Waals surface area contributed by atoms with Gasteiger partial charge in [0.1, 0.15) is 0 Å². The van der Waals surface area contributed by atoms with Crippen molar-refractivity contribution < 1.29 is 4.79 Å². The smallest absolute Gasteiger partial charge is 0.244 e. The molecule has 0 bridgehead atoms. The molecule has 0 atom stereocenters. The minimum atomic E-state index is 0.246. The van der Waals surface area contributed by atoms with Crippen LogP contribution in [0.15, 0.2) is 11.6 Å². The lowest BCUT2D eigenvalue weighted by Crippen LogP contribution is -2.51. The van der Waals surface area contributed by atoms with Gasteiger partial charge in [0.25, 0.3) is 0 Å². The van der Waals surface area contributed by atoms with E-state index in [1.54, 1.807) is 5.57 Å². The van der Waals surface area contributed by atoms with Crippen LogP contribution in [0.1, 0.15) is 57.8 Å². The lowest BCUT2D eigenvalue weighted by atomic mass is 9.84. The van der Waals surface area contributed by atoms with E-state index in [4.69, 9.17) is 12.2 Å². The van der Waals surface area contributed by atoms with E-state index >= 15 is 0 Å². The molecule has 2 aliphatic carbocycles. The van der Waals surface area contributed by atoms with Crippen LogP contribution in [-0.4, -0.2) is 40.7 Å². The van der Waals surface area contributed by atoms with Crippen LogP contribution in [0.3, 0.4) is 0 Å². The third-order valence-corrected chi connectivity index (χ3v) is 5.44. The van der Waals surface area contributed by atoms with E-state index in [9.17, 15) is 4.79 Å². The first kappa shape index (κ1) is 15.8. The molecule has 122 valence electrons. The van der Waals surface area contributed by atoms with Gasteiger partial charge in [-0.2, -0.15) is 0 Å². The van der Waals surface area contributed by atoms with Gasteiger partial charge in [-0.1, -0.05) is 18.1 Å². The topological polar surface area (TPSA) is 35.6 Å². The quantitative estimate of drug-likeness (QED) is 0.638. The van der Waals surface area contributed by atoms with Crippen molar-refractivity contribution in [3.8, 4) is 0 Å². The average Bonchev–Trinajstić information content (AvgIpc) is 2.96. The van der Waals surface area contributed by atoms with Gasteiger partial charge >= 0.3 is 0 Å². The molecular weight excluding hydrogens is 294 g/mol. The maximum absolute atomic E-state index is 12.5. The number of hydrogen-bond donors (Lipinski definition) is 1. The Morgan fingerprint density at radius 3 is 2.68 bits per heavy atom. The molecule has 0 unspecified atom stereocenters. The summed E-state index contributed by atoms with van der Waals surface area (Å²) in [6, 6.07) is 0. The minimum absolute atomic E-state index is 0.246. The number of rotatable bonds is 4. The highest BCUT2D eigenvalue weighted by atomic mass is 32.1. The second-order valence-electron chi connectivity index (χ2n) is 6.66. The molecule has 0 aromatic carbocycles. The summed E-state index contributed by atoms with van der Waals surface area (Å²) in [6.45, 7) is 2.57. The van der Waals surface area contributed by atoms with E-state index in [1.165, 1.54) is 32.1 Å². The molecule has 0 aromatic heterocycles. The first-order chi connectivity index (χ1) is 10.8. The maximum Gasteiger partial charge on any atom is 0.244 e. The van der Waals surface area contributed by atoms with Crippen LogP contribution in [-0.2, 0) is 4.79 Å². The summed E-state index contributed by atoms with van der Waals surface area (Å²) < 4.78 is 0. The normalized spacial score (nSPS) is 22.3. The summed E-state index contributed by atoms with van der Waals surface area (Å²) in [7, 11) is 0. The summed E-state index contributed by atoms with van der Waals surface area (Å²) in [6.07, 6.45) is 12.9. The Balaban J connectivity index is 1.46. The standard InChI is InChI=1S/C17H27N3OS/c21-16(15-8-4-9-15)19-12-5-13-20(19)17(22)18-11-10-14-6-2-1-3-7-14/h6,15H,1-5,7-13H2,(H,18,22). The molecule has 1 saturated carbocycles. The molecule has 0 aromatic rings. The van der Waals surface area contributed by atoms with Crippen molar-refractivity contribution in [3.05, 3.63) is 11.6 Å². The number of hydrazine groups is 1. The molecule has 5 heteroatoms. The van der Waals surface area contributed by atoms with Crippen molar-refractivity contribution in [2.24, 2.45) is 5.92 Å². The van der Waals surface area contributed by atoms with Crippen LogP contribution >= 0.6 is 12.2 Å². The Labute approximate surface area is 138 Å². The van der Waals surface area contributed by atoms with E-state index in [2.05, 4.69) is 11.4 Å². The predicted octanol–water partition coefficient (Wildman–Crippen LogP) is 3.00. The van der Waals surface area contributed by atoms with Crippen LogP contribution in [0, 0.1) is 5.92 Å². The highest BCUT2D eigenvalue weighted by Crippen LogP contribution is 2.30. The van der Waals surface area contributed by atoms with Crippen molar-refractivity contribution in [2.75, 3.05) is 19.6 Å². The van der Waals surface area contributed by atoms with E-state index < -0.39 is 0 Å². The Bertz CT molecular complexity index is 459. The van der Waals surface area contributed by atoms with Crippen molar-refractivity contribution >= 4 is 23.2 Å². The van der Waals surface area contributed by atoms with Crippen LogP contribution in [0.5, 0.6) is 0 Å². The number of nitrogens with one attached hydrogen (secondary N) is 1. The van der Waals surface area contributed by atoms with Crippen molar-refractivity contribution in [2.45, 2.75) is 57.8 Å². The minimum Gasteiger partial charge on any atom is -0.361 e. The molecule has 0 radical (unpaired) electrons. The van der Waals surface area contributed by atoms with Gasteiger partial charge in [-0.25, -0.2) is 0 Å². The lowest BCUT2D eigenvalue weighted by molar-refractivity contribution is -0.146. The van der Waals surface area contributed by atoms with Gasteiger partial charge in [0.2, 0.25) is 5.91 Å². The Morgan fingerprint density at radius 1 is 1.18 bits per heavy atom. The van der Waals surface area contributed by atoms with Crippen LogP contribution in [0.4, 0.5) is 0 Å². The molecule has 3 aliphatic rings. The average molecular weight is 321 g/mol. The molecular formula is C17H27N3OS. The molecule has 1 amide bonds. The van der Waals surface area contributed by atoms with Gasteiger partial charge in [0, 0.05) is 25.6 Å². The van der Waals surface area contributed by atoms with Gasteiger partial charge in [0.15, 0.2) is 5.11 Å². The van der Waals surface area contributed by atoms with Gasteiger partial charge in [-0.15, -0.1) is 0 Å². The van der Waals surface area contributed by atoms with Crippen LogP contribution < -0.4 is 5.32 Å². The molecule has 4 nitrogen and oxygen atoms in total. The SMILES string of the molecule is O=C(C1CCC1)N1CCCN1C(=S)NCCC1=CCCCC1. The Kier molecular flexibility index (Phi) is 5.34. The molecule has 0 spiro atoms.